The zero-order valence-electron chi connectivity index (χ0n) is 11.0. The van der Waals surface area contributed by atoms with E-state index in [4.69, 9.17) is 4.84 Å². The first-order chi connectivity index (χ1) is 8.42. The molecule has 3 unspecified atom stereocenters. The van der Waals surface area contributed by atoms with Crippen LogP contribution < -0.4 is 5.48 Å². The summed E-state index contributed by atoms with van der Waals surface area (Å²) >= 11 is 0. The van der Waals surface area contributed by atoms with Crippen molar-refractivity contribution in [3.8, 4) is 0 Å². The Morgan fingerprint density at radius 3 is 2.24 bits per heavy atom. The van der Waals surface area contributed by atoms with E-state index in [1.165, 1.54) is 70.6 Å². The largest absolute Gasteiger partial charge is 0.298 e. The molecule has 0 aromatic carbocycles. The molecule has 3 atom stereocenters. The molecule has 1 N–H and O–H groups in total. The van der Waals surface area contributed by atoms with E-state index in [1.54, 1.807) is 0 Å². The van der Waals surface area contributed by atoms with Gasteiger partial charge in [0.1, 0.15) is 0 Å². The lowest BCUT2D eigenvalue weighted by Crippen LogP contribution is -2.40. The molecule has 3 aliphatic carbocycles. The van der Waals surface area contributed by atoms with Gasteiger partial charge in [0.2, 0.25) is 0 Å². The summed E-state index contributed by atoms with van der Waals surface area (Å²) in [5, 5.41) is 0. The second-order valence-corrected chi connectivity index (χ2v) is 6.46. The fraction of sp³-hybridized carbons (Fsp3) is 1.00. The topological polar surface area (TPSA) is 21.3 Å². The Balaban J connectivity index is 1.42. The molecule has 0 aliphatic heterocycles. The number of nitrogens with one attached hydrogen (secondary N) is 1. The van der Waals surface area contributed by atoms with E-state index >= 15 is 0 Å². The van der Waals surface area contributed by atoms with E-state index < -0.39 is 0 Å². The molecule has 98 valence electrons. The third kappa shape index (κ3) is 3.03. The number of hydrogen-bond donors (Lipinski definition) is 1. The molecule has 0 spiro atoms. The van der Waals surface area contributed by atoms with Crippen molar-refractivity contribution in [3.05, 3.63) is 0 Å². The minimum Gasteiger partial charge on any atom is -0.298 e. The first-order valence-corrected chi connectivity index (χ1v) is 7.83. The van der Waals surface area contributed by atoms with Crippen molar-refractivity contribution in [1.29, 1.82) is 0 Å². The summed E-state index contributed by atoms with van der Waals surface area (Å²) in [4.78, 5) is 5.87. The molecule has 0 bridgehead atoms. The number of fused-ring (bicyclic) bond motifs is 1. The smallest absolute Gasteiger partial charge is 0.0790 e. The highest BCUT2D eigenvalue weighted by Gasteiger charge is 2.32. The van der Waals surface area contributed by atoms with Gasteiger partial charge in [-0.3, -0.25) is 4.84 Å². The van der Waals surface area contributed by atoms with Crippen molar-refractivity contribution >= 4 is 0 Å². The lowest BCUT2D eigenvalue weighted by molar-refractivity contribution is -0.0560. The van der Waals surface area contributed by atoms with Gasteiger partial charge in [0.25, 0.3) is 0 Å². The maximum absolute atomic E-state index is 5.87. The minimum absolute atomic E-state index is 0.513. The number of rotatable bonds is 3. The van der Waals surface area contributed by atoms with Gasteiger partial charge in [-0.05, 0) is 43.9 Å². The zero-order chi connectivity index (χ0) is 11.5. The maximum atomic E-state index is 5.87. The summed E-state index contributed by atoms with van der Waals surface area (Å²) in [6.07, 6.45) is 15.9. The van der Waals surface area contributed by atoms with Gasteiger partial charge in [-0.2, -0.15) is 5.48 Å². The van der Waals surface area contributed by atoms with Gasteiger partial charge in [-0.25, -0.2) is 0 Å². The summed E-state index contributed by atoms with van der Waals surface area (Å²) in [6, 6.07) is 0.648. The van der Waals surface area contributed by atoms with Gasteiger partial charge < -0.3 is 0 Å². The van der Waals surface area contributed by atoms with E-state index in [2.05, 4.69) is 5.48 Å². The SMILES string of the molecule is C1CCC(ONC2CCC3CCCCC3C2)C1. The van der Waals surface area contributed by atoms with Crippen LogP contribution in [0.4, 0.5) is 0 Å². The summed E-state index contributed by atoms with van der Waals surface area (Å²) in [5.41, 5.74) is 3.40. The Hall–Kier alpha value is -0.0800. The van der Waals surface area contributed by atoms with Crippen molar-refractivity contribution < 1.29 is 4.84 Å². The Labute approximate surface area is 105 Å². The van der Waals surface area contributed by atoms with Crippen LogP contribution in [0.1, 0.15) is 70.6 Å². The fourth-order valence-corrected chi connectivity index (χ4v) is 4.18. The van der Waals surface area contributed by atoms with E-state index in [1.807, 2.05) is 0 Å². The van der Waals surface area contributed by atoms with Crippen molar-refractivity contribution in [2.45, 2.75) is 82.8 Å². The summed E-state index contributed by atoms with van der Waals surface area (Å²) < 4.78 is 0. The van der Waals surface area contributed by atoms with Crippen LogP contribution in [-0.2, 0) is 4.84 Å². The van der Waals surface area contributed by atoms with Gasteiger partial charge in [-0.1, -0.05) is 38.5 Å². The molecule has 3 rings (SSSR count). The molecule has 3 saturated carbocycles. The molecular formula is C15H27NO. The van der Waals surface area contributed by atoms with Crippen molar-refractivity contribution in [2.24, 2.45) is 11.8 Å². The second-order valence-electron chi connectivity index (χ2n) is 6.46. The molecule has 0 heterocycles. The molecule has 0 aromatic heterocycles. The van der Waals surface area contributed by atoms with E-state index in [0.717, 1.165) is 11.8 Å². The lowest BCUT2D eigenvalue weighted by atomic mass is 9.69. The first kappa shape index (κ1) is 12.0. The first-order valence-electron chi connectivity index (χ1n) is 7.83. The number of hydrogen-bond acceptors (Lipinski definition) is 2. The normalized spacial score (nSPS) is 39.2. The zero-order valence-corrected chi connectivity index (χ0v) is 11.0. The molecular weight excluding hydrogens is 210 g/mol. The van der Waals surface area contributed by atoms with Crippen LogP contribution in [0.3, 0.4) is 0 Å². The third-order valence-electron chi connectivity index (χ3n) is 5.24. The highest BCUT2D eigenvalue weighted by Crippen LogP contribution is 2.40. The van der Waals surface area contributed by atoms with Crippen molar-refractivity contribution in [2.75, 3.05) is 0 Å². The average Bonchev–Trinajstić information content (AvgIpc) is 2.89. The van der Waals surface area contributed by atoms with Crippen LogP contribution in [0.15, 0.2) is 0 Å². The Morgan fingerprint density at radius 2 is 1.41 bits per heavy atom. The second kappa shape index (κ2) is 5.71. The molecule has 0 saturated heterocycles. The molecule has 0 amide bonds. The molecule has 0 aromatic rings. The van der Waals surface area contributed by atoms with Gasteiger partial charge in [0.15, 0.2) is 0 Å². The van der Waals surface area contributed by atoms with E-state index in [0.29, 0.717) is 12.1 Å². The lowest BCUT2D eigenvalue weighted by Gasteiger charge is -2.39. The predicted octanol–water partition coefficient (Wildman–Crippen LogP) is 3.81. The van der Waals surface area contributed by atoms with Crippen molar-refractivity contribution in [1.82, 2.24) is 5.48 Å². The maximum Gasteiger partial charge on any atom is 0.0790 e. The quantitative estimate of drug-likeness (QED) is 0.754. The molecule has 2 heteroatoms. The minimum atomic E-state index is 0.513. The van der Waals surface area contributed by atoms with Crippen LogP contribution in [0, 0.1) is 11.8 Å². The Morgan fingerprint density at radius 1 is 0.706 bits per heavy atom. The van der Waals surface area contributed by atoms with Crippen molar-refractivity contribution in [3.63, 3.8) is 0 Å². The monoisotopic (exact) mass is 237 g/mol. The molecule has 3 fully saturated rings. The van der Waals surface area contributed by atoms with E-state index in [-0.39, 0.29) is 0 Å². The molecule has 2 nitrogen and oxygen atoms in total. The molecule has 0 radical (unpaired) electrons. The average molecular weight is 237 g/mol. The highest BCUT2D eigenvalue weighted by atomic mass is 16.7. The summed E-state index contributed by atoms with van der Waals surface area (Å²) in [6.45, 7) is 0. The van der Waals surface area contributed by atoms with Gasteiger partial charge in [-0.15, -0.1) is 0 Å². The van der Waals surface area contributed by atoms with Crippen LogP contribution >= 0.6 is 0 Å². The third-order valence-corrected chi connectivity index (χ3v) is 5.24. The van der Waals surface area contributed by atoms with Crippen LogP contribution in [0.5, 0.6) is 0 Å². The Bertz CT molecular complexity index is 237. The van der Waals surface area contributed by atoms with Crippen LogP contribution in [0.2, 0.25) is 0 Å². The van der Waals surface area contributed by atoms with Gasteiger partial charge in [0, 0.05) is 6.04 Å². The summed E-state index contributed by atoms with van der Waals surface area (Å²) in [7, 11) is 0. The predicted molar refractivity (Wildman–Crippen MR) is 69.6 cm³/mol. The van der Waals surface area contributed by atoms with Crippen LogP contribution in [-0.4, -0.2) is 12.1 Å². The summed E-state index contributed by atoms with van der Waals surface area (Å²) in [5.74, 6) is 2.05. The standard InChI is InChI=1S/C15H27NO/c1-2-6-13-11-14(10-9-12(13)5-1)16-17-15-7-3-4-8-15/h12-16H,1-11H2. The van der Waals surface area contributed by atoms with Gasteiger partial charge in [0.05, 0.1) is 6.10 Å². The Kier molecular flexibility index (Phi) is 4.02. The fourth-order valence-electron chi connectivity index (χ4n) is 4.18. The molecule has 3 aliphatic rings. The molecule has 17 heavy (non-hydrogen) atoms. The van der Waals surface area contributed by atoms with Gasteiger partial charge >= 0.3 is 0 Å². The number of hydroxylamine groups is 1. The highest BCUT2D eigenvalue weighted by molar-refractivity contribution is 4.85. The van der Waals surface area contributed by atoms with Crippen LogP contribution in [0.25, 0.3) is 0 Å². The van der Waals surface area contributed by atoms with E-state index in [9.17, 15) is 0 Å².